The van der Waals surface area contributed by atoms with Crippen LogP contribution < -0.4 is 10.6 Å². The first-order chi connectivity index (χ1) is 11.5. The van der Waals surface area contributed by atoms with Gasteiger partial charge in [-0.2, -0.15) is 0 Å². The van der Waals surface area contributed by atoms with Gasteiger partial charge in [0.05, 0.1) is 0 Å². The summed E-state index contributed by atoms with van der Waals surface area (Å²) in [7, 11) is 0. The molecule has 122 valence electrons. The summed E-state index contributed by atoms with van der Waals surface area (Å²) in [6, 6.07) is 9.03. The van der Waals surface area contributed by atoms with Gasteiger partial charge in [-0.15, -0.1) is 0 Å². The van der Waals surface area contributed by atoms with Crippen molar-refractivity contribution in [3.63, 3.8) is 0 Å². The highest BCUT2D eigenvalue weighted by Crippen LogP contribution is 2.22. The van der Waals surface area contributed by atoms with E-state index >= 15 is 0 Å². The van der Waals surface area contributed by atoms with Crippen molar-refractivity contribution >= 4 is 39.2 Å². The minimum Gasteiger partial charge on any atom is -0.360 e. The maximum Gasteiger partial charge on any atom is 0.275 e. The van der Waals surface area contributed by atoms with E-state index in [4.69, 9.17) is 4.52 Å². The molecule has 2 aromatic heterocycles. The van der Waals surface area contributed by atoms with Crippen LogP contribution in [0.4, 0.5) is 17.3 Å². The van der Waals surface area contributed by atoms with Crippen LogP contribution in [-0.2, 0) is 0 Å². The van der Waals surface area contributed by atoms with E-state index < -0.39 is 0 Å². The number of nitrogens with one attached hydrogen (secondary N) is 2. The lowest BCUT2D eigenvalue weighted by atomic mass is 10.2. The molecule has 0 aliphatic carbocycles. The fraction of sp³-hybridized carbons (Fsp3) is 0.125. The van der Waals surface area contributed by atoms with Crippen LogP contribution >= 0.6 is 15.9 Å². The molecular formula is C16H14BrN5O2. The van der Waals surface area contributed by atoms with E-state index in [2.05, 4.69) is 41.7 Å². The molecule has 0 atom stereocenters. The maximum absolute atomic E-state index is 12.2. The zero-order valence-electron chi connectivity index (χ0n) is 13.0. The van der Waals surface area contributed by atoms with Crippen LogP contribution in [0.5, 0.6) is 0 Å². The topological polar surface area (TPSA) is 92.9 Å². The number of aryl methyl sites for hydroxylation is 2. The second-order valence-corrected chi connectivity index (χ2v) is 6.01. The van der Waals surface area contributed by atoms with Crippen molar-refractivity contribution in [2.24, 2.45) is 0 Å². The van der Waals surface area contributed by atoms with Gasteiger partial charge < -0.3 is 15.2 Å². The number of nitrogens with zero attached hydrogens (tertiary/aromatic N) is 3. The Balaban J connectivity index is 1.75. The number of anilines is 3. The van der Waals surface area contributed by atoms with Crippen LogP contribution in [-0.4, -0.2) is 21.0 Å². The standard InChI is InChI=1S/C16H14BrN5O2/c1-9-5-11(3-4-12(9)17)20-14-7-13(18-8-19-14)16(23)21-15-6-10(2)24-22-15/h3-8H,1-2H3,(H,18,19,20)(H,21,22,23). The minimum atomic E-state index is -0.388. The van der Waals surface area contributed by atoms with E-state index in [1.807, 2.05) is 25.1 Å². The fourth-order valence-corrected chi connectivity index (χ4v) is 2.27. The number of halogens is 1. The quantitative estimate of drug-likeness (QED) is 0.706. The van der Waals surface area contributed by atoms with Crippen LogP contribution in [0.15, 0.2) is 45.7 Å². The first-order valence-corrected chi connectivity index (χ1v) is 7.90. The summed E-state index contributed by atoms with van der Waals surface area (Å²) < 4.78 is 5.94. The molecule has 3 rings (SSSR count). The van der Waals surface area contributed by atoms with E-state index in [1.54, 1.807) is 19.1 Å². The molecule has 1 aromatic carbocycles. The summed E-state index contributed by atoms with van der Waals surface area (Å²) in [4.78, 5) is 20.3. The predicted octanol–water partition coefficient (Wildman–Crippen LogP) is 3.84. The smallest absolute Gasteiger partial charge is 0.275 e. The third kappa shape index (κ3) is 3.77. The minimum absolute atomic E-state index is 0.224. The van der Waals surface area contributed by atoms with Crippen molar-refractivity contribution in [2.75, 3.05) is 10.6 Å². The second-order valence-electron chi connectivity index (χ2n) is 5.15. The van der Waals surface area contributed by atoms with Gasteiger partial charge in [-0.3, -0.25) is 4.79 Å². The molecule has 3 aromatic rings. The summed E-state index contributed by atoms with van der Waals surface area (Å²) in [6.07, 6.45) is 1.33. The van der Waals surface area contributed by atoms with Gasteiger partial charge in [-0.25, -0.2) is 9.97 Å². The Morgan fingerprint density at radius 1 is 1.12 bits per heavy atom. The Hall–Kier alpha value is -2.74. The highest BCUT2D eigenvalue weighted by molar-refractivity contribution is 9.10. The number of rotatable bonds is 4. The van der Waals surface area contributed by atoms with Crippen molar-refractivity contribution in [3.8, 4) is 0 Å². The van der Waals surface area contributed by atoms with E-state index in [0.717, 1.165) is 15.7 Å². The zero-order chi connectivity index (χ0) is 17.1. The summed E-state index contributed by atoms with van der Waals surface area (Å²) in [5.74, 6) is 1.09. The molecule has 24 heavy (non-hydrogen) atoms. The van der Waals surface area contributed by atoms with Gasteiger partial charge >= 0.3 is 0 Å². The van der Waals surface area contributed by atoms with E-state index in [9.17, 15) is 4.79 Å². The third-order valence-corrected chi connectivity index (χ3v) is 4.09. The molecule has 0 saturated heterocycles. The number of amides is 1. The lowest BCUT2D eigenvalue weighted by Crippen LogP contribution is -2.14. The number of aromatic nitrogens is 3. The molecule has 0 radical (unpaired) electrons. The molecule has 7 nitrogen and oxygen atoms in total. The van der Waals surface area contributed by atoms with Gasteiger partial charge in [-0.05, 0) is 37.6 Å². The molecule has 2 heterocycles. The monoisotopic (exact) mass is 387 g/mol. The molecule has 0 aliphatic heterocycles. The number of hydrogen-bond acceptors (Lipinski definition) is 6. The summed E-state index contributed by atoms with van der Waals surface area (Å²) in [5.41, 5.74) is 2.18. The molecular weight excluding hydrogens is 374 g/mol. The van der Waals surface area contributed by atoms with Gasteiger partial charge in [0.1, 0.15) is 23.6 Å². The van der Waals surface area contributed by atoms with Crippen LogP contribution in [0.2, 0.25) is 0 Å². The molecule has 0 spiro atoms. The van der Waals surface area contributed by atoms with E-state index in [-0.39, 0.29) is 11.6 Å². The molecule has 1 amide bonds. The van der Waals surface area contributed by atoms with E-state index in [0.29, 0.717) is 17.4 Å². The van der Waals surface area contributed by atoms with Crippen LogP contribution in [0.1, 0.15) is 21.8 Å². The molecule has 0 aliphatic rings. The van der Waals surface area contributed by atoms with Gasteiger partial charge in [0, 0.05) is 22.3 Å². The Labute approximate surface area is 146 Å². The van der Waals surface area contributed by atoms with Gasteiger partial charge in [-0.1, -0.05) is 21.1 Å². The van der Waals surface area contributed by atoms with Crippen molar-refractivity contribution in [1.82, 2.24) is 15.1 Å². The Bertz CT molecular complexity index is 894. The molecule has 0 fully saturated rings. The van der Waals surface area contributed by atoms with Crippen molar-refractivity contribution in [2.45, 2.75) is 13.8 Å². The average Bonchev–Trinajstić information content (AvgIpc) is 2.96. The first-order valence-electron chi connectivity index (χ1n) is 7.11. The zero-order valence-corrected chi connectivity index (χ0v) is 14.6. The molecule has 2 N–H and O–H groups in total. The van der Waals surface area contributed by atoms with Gasteiger partial charge in [0.25, 0.3) is 5.91 Å². The molecule has 0 unspecified atom stereocenters. The highest BCUT2D eigenvalue weighted by Gasteiger charge is 2.11. The Morgan fingerprint density at radius 3 is 2.67 bits per heavy atom. The molecule has 0 saturated carbocycles. The van der Waals surface area contributed by atoms with Gasteiger partial charge in [0.15, 0.2) is 5.82 Å². The van der Waals surface area contributed by atoms with Gasteiger partial charge in [0.2, 0.25) is 0 Å². The lowest BCUT2D eigenvalue weighted by molar-refractivity contribution is 0.102. The predicted molar refractivity (Wildman–Crippen MR) is 93.4 cm³/mol. The Kier molecular flexibility index (Phi) is 4.57. The summed E-state index contributed by atoms with van der Waals surface area (Å²) >= 11 is 3.46. The van der Waals surface area contributed by atoms with Crippen molar-refractivity contribution < 1.29 is 9.32 Å². The second kappa shape index (κ2) is 6.79. The number of benzene rings is 1. The number of carbonyl (C=O) groups is 1. The third-order valence-electron chi connectivity index (χ3n) is 3.20. The lowest BCUT2D eigenvalue weighted by Gasteiger charge is -2.08. The summed E-state index contributed by atoms with van der Waals surface area (Å²) in [6.45, 7) is 3.74. The molecule has 0 bridgehead atoms. The Morgan fingerprint density at radius 2 is 1.96 bits per heavy atom. The van der Waals surface area contributed by atoms with Crippen molar-refractivity contribution in [1.29, 1.82) is 0 Å². The van der Waals surface area contributed by atoms with Crippen LogP contribution in [0.3, 0.4) is 0 Å². The number of carbonyl (C=O) groups excluding carboxylic acids is 1. The number of hydrogen-bond donors (Lipinski definition) is 2. The van der Waals surface area contributed by atoms with E-state index in [1.165, 1.54) is 6.33 Å². The normalized spacial score (nSPS) is 10.5. The fourth-order valence-electron chi connectivity index (χ4n) is 2.03. The largest absolute Gasteiger partial charge is 0.360 e. The van der Waals surface area contributed by atoms with Crippen LogP contribution in [0.25, 0.3) is 0 Å². The van der Waals surface area contributed by atoms with Crippen molar-refractivity contribution in [3.05, 3.63) is 58.1 Å². The van der Waals surface area contributed by atoms with Crippen LogP contribution in [0, 0.1) is 13.8 Å². The first kappa shape index (κ1) is 16.1. The SMILES string of the molecule is Cc1cc(NC(=O)c2cc(Nc3ccc(Br)c(C)c3)ncn2)no1. The summed E-state index contributed by atoms with van der Waals surface area (Å²) in [5, 5.41) is 9.49. The molecule has 8 heteroatoms. The maximum atomic E-state index is 12.2. The average molecular weight is 388 g/mol. The highest BCUT2D eigenvalue weighted by atomic mass is 79.9.